The molecule has 2 nitrogen and oxygen atoms in total. The summed E-state index contributed by atoms with van der Waals surface area (Å²) in [6, 6.07) is 0. The second kappa shape index (κ2) is 4.95. The summed E-state index contributed by atoms with van der Waals surface area (Å²) in [6.45, 7) is 3.65. The number of nitrogens with zero attached hydrogens (tertiary/aromatic N) is 1. The normalized spacial score (nSPS) is 13.8. The van der Waals surface area contributed by atoms with Crippen molar-refractivity contribution in [1.82, 2.24) is 4.98 Å². The zero-order chi connectivity index (χ0) is 12.3. The zero-order valence-corrected chi connectivity index (χ0v) is 9.78. The van der Waals surface area contributed by atoms with E-state index in [9.17, 15) is 18.0 Å². The lowest BCUT2D eigenvalue weighted by molar-refractivity contribution is -0.137. The van der Waals surface area contributed by atoms with Crippen LogP contribution in [0.25, 0.3) is 0 Å². The van der Waals surface area contributed by atoms with E-state index in [4.69, 9.17) is 0 Å². The molecule has 0 fully saturated rings. The van der Waals surface area contributed by atoms with E-state index < -0.39 is 11.2 Å². The first-order chi connectivity index (χ1) is 7.36. The molecular formula is C10H12F3NOS. The molecule has 1 unspecified atom stereocenters. The fourth-order valence-electron chi connectivity index (χ4n) is 1.33. The lowest BCUT2D eigenvalue weighted by Crippen LogP contribution is -2.09. The highest BCUT2D eigenvalue weighted by molar-refractivity contribution is 7.13. The van der Waals surface area contributed by atoms with Crippen LogP contribution in [-0.4, -0.2) is 10.8 Å². The molecule has 6 heteroatoms. The number of ketones is 1. The lowest BCUT2D eigenvalue weighted by atomic mass is 10.0. The maximum atomic E-state index is 12.3. The molecular weight excluding hydrogens is 239 g/mol. The van der Waals surface area contributed by atoms with Crippen LogP contribution >= 0.6 is 11.3 Å². The SMILES string of the molecule is CCCC(C)C(=O)c1cnc(C(F)(F)F)s1. The summed E-state index contributed by atoms with van der Waals surface area (Å²) in [5, 5.41) is -0.959. The van der Waals surface area contributed by atoms with Gasteiger partial charge >= 0.3 is 6.18 Å². The lowest BCUT2D eigenvalue weighted by Gasteiger charge is -2.05. The van der Waals surface area contributed by atoms with Crippen LogP contribution in [-0.2, 0) is 6.18 Å². The Labute approximate surface area is 95.5 Å². The Morgan fingerprint density at radius 2 is 2.19 bits per heavy atom. The Kier molecular flexibility index (Phi) is 4.07. The van der Waals surface area contributed by atoms with E-state index in [1.54, 1.807) is 6.92 Å². The number of carbonyl (C=O) groups is 1. The Bertz CT molecular complexity index is 372. The van der Waals surface area contributed by atoms with Gasteiger partial charge in [-0.2, -0.15) is 13.2 Å². The van der Waals surface area contributed by atoms with Crippen molar-refractivity contribution in [2.45, 2.75) is 32.9 Å². The summed E-state index contributed by atoms with van der Waals surface area (Å²) in [4.78, 5) is 15.0. The number of rotatable bonds is 4. The summed E-state index contributed by atoms with van der Waals surface area (Å²) in [7, 11) is 0. The van der Waals surface area contributed by atoms with Gasteiger partial charge in [-0.25, -0.2) is 4.98 Å². The Morgan fingerprint density at radius 1 is 1.56 bits per heavy atom. The van der Waals surface area contributed by atoms with Gasteiger partial charge in [0.1, 0.15) is 0 Å². The molecule has 0 amide bonds. The average Bonchev–Trinajstić information content (AvgIpc) is 2.65. The monoisotopic (exact) mass is 251 g/mol. The molecule has 0 aliphatic carbocycles. The largest absolute Gasteiger partial charge is 0.443 e. The minimum Gasteiger partial charge on any atom is -0.293 e. The molecule has 0 spiro atoms. The number of alkyl halides is 3. The third-order valence-electron chi connectivity index (χ3n) is 2.16. The standard InChI is InChI=1S/C10H12F3NOS/c1-3-4-6(2)8(15)7-5-14-9(16-7)10(11,12)13/h5-6H,3-4H2,1-2H3. The van der Waals surface area contributed by atoms with Gasteiger partial charge in [0.05, 0.1) is 4.88 Å². The van der Waals surface area contributed by atoms with Crippen LogP contribution in [0, 0.1) is 5.92 Å². The summed E-state index contributed by atoms with van der Waals surface area (Å²) in [5.41, 5.74) is 0. The molecule has 0 aromatic carbocycles. The molecule has 0 N–H and O–H groups in total. The van der Waals surface area contributed by atoms with Crippen LogP contribution < -0.4 is 0 Å². The molecule has 0 radical (unpaired) electrons. The van der Waals surface area contributed by atoms with Gasteiger partial charge in [-0.05, 0) is 6.42 Å². The second-order valence-electron chi connectivity index (χ2n) is 3.58. The molecule has 16 heavy (non-hydrogen) atoms. The highest BCUT2D eigenvalue weighted by Gasteiger charge is 2.35. The van der Waals surface area contributed by atoms with Crippen LogP contribution in [0.15, 0.2) is 6.20 Å². The van der Waals surface area contributed by atoms with Crippen LogP contribution in [0.2, 0.25) is 0 Å². The zero-order valence-electron chi connectivity index (χ0n) is 8.97. The molecule has 1 rings (SSSR count). The van der Waals surface area contributed by atoms with Crippen molar-refractivity contribution in [3.05, 3.63) is 16.1 Å². The third-order valence-corrected chi connectivity index (χ3v) is 3.22. The van der Waals surface area contributed by atoms with E-state index in [0.29, 0.717) is 17.8 Å². The van der Waals surface area contributed by atoms with E-state index in [2.05, 4.69) is 4.98 Å². The third kappa shape index (κ3) is 3.04. The van der Waals surface area contributed by atoms with Gasteiger partial charge < -0.3 is 0 Å². The van der Waals surface area contributed by atoms with Crippen molar-refractivity contribution in [1.29, 1.82) is 0 Å². The fraction of sp³-hybridized carbons (Fsp3) is 0.600. The predicted molar refractivity (Wildman–Crippen MR) is 55.5 cm³/mol. The molecule has 0 saturated heterocycles. The van der Waals surface area contributed by atoms with Crippen LogP contribution in [0.5, 0.6) is 0 Å². The fourth-order valence-corrected chi connectivity index (χ4v) is 2.16. The number of hydrogen-bond acceptors (Lipinski definition) is 3. The number of carbonyl (C=O) groups excluding carboxylic acids is 1. The quantitative estimate of drug-likeness (QED) is 0.762. The van der Waals surface area contributed by atoms with E-state index >= 15 is 0 Å². The van der Waals surface area contributed by atoms with Gasteiger partial charge in [-0.15, -0.1) is 11.3 Å². The Balaban J connectivity index is 2.82. The number of Topliss-reactive ketones (excluding diaryl/α,β-unsaturated/α-hetero) is 1. The predicted octanol–water partition coefficient (Wildman–Crippen LogP) is 3.78. The van der Waals surface area contributed by atoms with Gasteiger partial charge in [0.2, 0.25) is 0 Å². The van der Waals surface area contributed by atoms with E-state index in [-0.39, 0.29) is 16.6 Å². The number of halogens is 3. The van der Waals surface area contributed by atoms with Gasteiger partial charge in [-0.1, -0.05) is 20.3 Å². The van der Waals surface area contributed by atoms with E-state index in [0.717, 1.165) is 12.6 Å². The van der Waals surface area contributed by atoms with Gasteiger partial charge in [0, 0.05) is 12.1 Å². The Hall–Kier alpha value is -0.910. The first-order valence-electron chi connectivity index (χ1n) is 4.93. The molecule has 1 atom stereocenters. The first kappa shape index (κ1) is 13.2. The van der Waals surface area contributed by atoms with Crippen LogP contribution in [0.3, 0.4) is 0 Å². The first-order valence-corrected chi connectivity index (χ1v) is 5.75. The minimum absolute atomic E-state index is 0.0910. The van der Waals surface area contributed by atoms with Crippen molar-refractivity contribution < 1.29 is 18.0 Å². The van der Waals surface area contributed by atoms with Crippen molar-refractivity contribution in [3.63, 3.8) is 0 Å². The van der Waals surface area contributed by atoms with Crippen LogP contribution in [0.1, 0.15) is 41.4 Å². The van der Waals surface area contributed by atoms with Crippen molar-refractivity contribution in [2.75, 3.05) is 0 Å². The summed E-state index contributed by atoms with van der Waals surface area (Å²) < 4.78 is 36.8. The molecule has 1 aromatic heterocycles. The number of thiazole rings is 1. The number of aromatic nitrogens is 1. The van der Waals surface area contributed by atoms with Gasteiger partial charge in [-0.3, -0.25) is 4.79 Å². The molecule has 1 aromatic rings. The number of hydrogen-bond donors (Lipinski definition) is 0. The summed E-state index contributed by atoms with van der Waals surface area (Å²) in [6.07, 6.45) is -1.94. The average molecular weight is 251 g/mol. The minimum atomic E-state index is -4.46. The van der Waals surface area contributed by atoms with E-state index in [1.165, 1.54) is 0 Å². The summed E-state index contributed by atoms with van der Waals surface area (Å²) in [5.74, 6) is -0.499. The van der Waals surface area contributed by atoms with Crippen molar-refractivity contribution in [2.24, 2.45) is 5.92 Å². The van der Waals surface area contributed by atoms with Crippen molar-refractivity contribution >= 4 is 17.1 Å². The van der Waals surface area contributed by atoms with E-state index in [1.807, 2.05) is 6.92 Å². The van der Waals surface area contributed by atoms with Gasteiger partial charge in [0.15, 0.2) is 10.8 Å². The molecule has 1 heterocycles. The summed E-state index contributed by atoms with van der Waals surface area (Å²) >= 11 is 0.416. The highest BCUT2D eigenvalue weighted by atomic mass is 32.1. The van der Waals surface area contributed by atoms with Gasteiger partial charge in [0.25, 0.3) is 0 Å². The smallest absolute Gasteiger partial charge is 0.293 e. The molecule has 0 saturated carbocycles. The molecule has 0 aliphatic heterocycles. The second-order valence-corrected chi connectivity index (χ2v) is 4.61. The maximum Gasteiger partial charge on any atom is 0.443 e. The van der Waals surface area contributed by atoms with Crippen LogP contribution in [0.4, 0.5) is 13.2 Å². The Morgan fingerprint density at radius 3 is 2.62 bits per heavy atom. The maximum absolute atomic E-state index is 12.3. The molecule has 90 valence electrons. The molecule has 0 aliphatic rings. The highest BCUT2D eigenvalue weighted by Crippen LogP contribution is 2.33. The topological polar surface area (TPSA) is 30.0 Å². The van der Waals surface area contributed by atoms with Crippen molar-refractivity contribution in [3.8, 4) is 0 Å². The molecule has 0 bridgehead atoms.